The zero-order valence-corrected chi connectivity index (χ0v) is 35.7. The second kappa shape index (κ2) is 18.5. The molecule has 6 aromatic carbocycles. The molecule has 1 aromatic heterocycles. The van der Waals surface area contributed by atoms with Gasteiger partial charge in [0.2, 0.25) is 0 Å². The topological polar surface area (TPSA) is 110 Å². The fourth-order valence-electron chi connectivity index (χ4n) is 8.88. The number of rotatable bonds is 16. The molecule has 1 heterocycles. The number of aromatic amines is 1. The van der Waals surface area contributed by atoms with Gasteiger partial charge in [0.15, 0.2) is 0 Å². The Morgan fingerprint density at radius 1 is 0.540 bits per heavy atom. The van der Waals surface area contributed by atoms with Crippen molar-refractivity contribution in [3.8, 4) is 23.0 Å². The highest BCUT2D eigenvalue weighted by Gasteiger charge is 2.49. The Hall–Kier alpha value is -7.14. The van der Waals surface area contributed by atoms with Crippen LogP contribution in [0.3, 0.4) is 0 Å². The highest BCUT2D eigenvalue weighted by Crippen LogP contribution is 2.50. The number of hydrogen-bond donors (Lipinski definition) is 1. The number of aromatic nitrogens is 2. The zero-order valence-electron chi connectivity index (χ0n) is 35.7. The molecule has 0 radical (unpaired) electrons. The normalized spacial score (nSPS) is 16.4. The van der Waals surface area contributed by atoms with E-state index in [-0.39, 0.29) is 6.61 Å². The van der Waals surface area contributed by atoms with Crippen LogP contribution >= 0.6 is 0 Å². The third-order valence-electron chi connectivity index (χ3n) is 12.1. The maximum absolute atomic E-state index is 13.6. The Labute approximate surface area is 366 Å². The average Bonchev–Trinajstić information content (AvgIpc) is 3.64. The van der Waals surface area contributed by atoms with Gasteiger partial charge in [0, 0.05) is 18.2 Å². The highest BCUT2D eigenvalue weighted by molar-refractivity contribution is 5.52. The molecule has 1 aliphatic rings. The van der Waals surface area contributed by atoms with Gasteiger partial charge >= 0.3 is 5.69 Å². The molecule has 0 unspecified atom stereocenters. The molecule has 1 aliphatic carbocycles. The van der Waals surface area contributed by atoms with E-state index in [2.05, 4.69) is 35.8 Å². The lowest BCUT2D eigenvalue weighted by molar-refractivity contribution is -0.0882. The Morgan fingerprint density at radius 3 is 1.32 bits per heavy atom. The van der Waals surface area contributed by atoms with E-state index in [1.165, 1.54) is 16.8 Å². The molecule has 320 valence electrons. The second-order valence-corrected chi connectivity index (χ2v) is 15.4. The van der Waals surface area contributed by atoms with Gasteiger partial charge in [0.1, 0.15) is 34.2 Å². The van der Waals surface area contributed by atoms with Crippen LogP contribution in [0.4, 0.5) is 0 Å². The largest absolute Gasteiger partial charge is 0.497 e. The van der Waals surface area contributed by atoms with Gasteiger partial charge in [-0.05, 0) is 93.9 Å². The summed E-state index contributed by atoms with van der Waals surface area (Å²) in [5.41, 5.74) is 2.55. The summed E-state index contributed by atoms with van der Waals surface area (Å²) in [5, 5.41) is 0. The van der Waals surface area contributed by atoms with E-state index in [1.807, 2.05) is 133 Å². The minimum atomic E-state index is -1.20. The molecule has 1 fully saturated rings. The number of methoxy groups -OCH3 is 4. The van der Waals surface area contributed by atoms with Gasteiger partial charge in [-0.25, -0.2) is 4.79 Å². The van der Waals surface area contributed by atoms with Crippen molar-refractivity contribution >= 4 is 0 Å². The maximum Gasteiger partial charge on any atom is 0.328 e. The molecule has 0 spiro atoms. The standard InChI is InChI=1S/C53H50N2O8/c1-36-47(35-62-52(37-12-8-6-9-13-37,39-16-24-43(58-2)25-17-39)40-18-26-44(59-3)27-19-40)49(34-48(36)55-33-32-50(56)54-51(55)57)63-53(38-14-10-7-11-15-38,41-20-28-45(60-4)29-21-41)42-22-30-46(61-5)31-23-42/h6-33,47-49H,1,34-35H2,2-5H3,(H,54,56,57)/t47-,48+,49+/m1/s1. The number of ether oxygens (including phenoxy) is 6. The summed E-state index contributed by atoms with van der Waals surface area (Å²) in [6, 6.07) is 52.5. The SMILES string of the molecule is C=C1[C@@H](COC(c2ccccc2)(c2ccc(OC)cc2)c2ccc(OC)cc2)[C@@H](OC(c2ccccc2)(c2ccc(OC)cc2)c2ccc(OC)cc2)C[C@@H]1n1ccc(=O)[nH]c1=O. The summed E-state index contributed by atoms with van der Waals surface area (Å²) in [4.78, 5) is 28.4. The van der Waals surface area contributed by atoms with Gasteiger partial charge in [-0.3, -0.25) is 14.3 Å². The molecule has 8 rings (SSSR count). The van der Waals surface area contributed by atoms with Crippen molar-refractivity contribution in [2.45, 2.75) is 29.8 Å². The van der Waals surface area contributed by atoms with E-state index in [0.717, 1.165) is 33.4 Å². The molecule has 0 bridgehead atoms. The van der Waals surface area contributed by atoms with Gasteiger partial charge < -0.3 is 28.4 Å². The van der Waals surface area contributed by atoms with Crippen molar-refractivity contribution in [2.24, 2.45) is 5.92 Å². The molecule has 1 saturated carbocycles. The fraction of sp³-hybridized carbons (Fsp3) is 0.208. The summed E-state index contributed by atoms with van der Waals surface area (Å²) >= 11 is 0. The van der Waals surface area contributed by atoms with E-state index in [1.54, 1.807) is 28.4 Å². The molecule has 0 aliphatic heterocycles. The number of nitrogens with one attached hydrogen (secondary N) is 1. The summed E-state index contributed by atoms with van der Waals surface area (Å²) in [6.07, 6.45) is 1.26. The maximum atomic E-state index is 13.6. The lowest BCUT2D eigenvalue weighted by Crippen LogP contribution is -2.41. The first-order chi connectivity index (χ1) is 30.7. The van der Waals surface area contributed by atoms with Crippen LogP contribution in [0.1, 0.15) is 45.8 Å². The van der Waals surface area contributed by atoms with Crippen LogP contribution < -0.4 is 30.2 Å². The summed E-state index contributed by atoms with van der Waals surface area (Å²) < 4.78 is 39.3. The smallest absolute Gasteiger partial charge is 0.328 e. The van der Waals surface area contributed by atoms with E-state index >= 15 is 0 Å². The van der Waals surface area contributed by atoms with Crippen LogP contribution in [0.5, 0.6) is 23.0 Å². The first-order valence-corrected chi connectivity index (χ1v) is 20.7. The van der Waals surface area contributed by atoms with Crippen LogP contribution in [0, 0.1) is 5.92 Å². The first-order valence-electron chi connectivity index (χ1n) is 20.7. The van der Waals surface area contributed by atoms with Crippen LogP contribution in [0.2, 0.25) is 0 Å². The van der Waals surface area contributed by atoms with Crippen molar-refractivity contribution in [3.63, 3.8) is 0 Å². The molecule has 0 amide bonds. The van der Waals surface area contributed by atoms with E-state index < -0.39 is 40.5 Å². The fourth-order valence-corrected chi connectivity index (χ4v) is 8.88. The number of benzene rings is 6. The van der Waals surface area contributed by atoms with E-state index in [9.17, 15) is 9.59 Å². The monoisotopic (exact) mass is 842 g/mol. The van der Waals surface area contributed by atoms with Crippen LogP contribution in [0.25, 0.3) is 0 Å². The molecular weight excluding hydrogens is 793 g/mol. The Kier molecular flexibility index (Phi) is 12.5. The molecule has 1 N–H and O–H groups in total. The second-order valence-electron chi connectivity index (χ2n) is 15.4. The minimum Gasteiger partial charge on any atom is -0.497 e. The quantitative estimate of drug-likeness (QED) is 0.0759. The van der Waals surface area contributed by atoms with Crippen LogP contribution in [0.15, 0.2) is 192 Å². The summed E-state index contributed by atoms with van der Waals surface area (Å²) in [6.45, 7) is 4.80. The van der Waals surface area contributed by atoms with Crippen molar-refractivity contribution in [3.05, 3.63) is 236 Å². The summed E-state index contributed by atoms with van der Waals surface area (Å²) in [7, 11) is 6.56. The number of hydrogen-bond acceptors (Lipinski definition) is 8. The predicted molar refractivity (Wildman–Crippen MR) is 243 cm³/mol. The lowest BCUT2D eigenvalue weighted by Gasteiger charge is -2.41. The highest BCUT2D eigenvalue weighted by atomic mass is 16.5. The molecule has 63 heavy (non-hydrogen) atoms. The number of H-pyrrole nitrogens is 1. The zero-order chi connectivity index (χ0) is 44.0. The van der Waals surface area contributed by atoms with Gasteiger partial charge in [-0.2, -0.15) is 0 Å². The third-order valence-corrected chi connectivity index (χ3v) is 12.1. The van der Waals surface area contributed by atoms with Crippen LogP contribution in [-0.2, 0) is 20.7 Å². The van der Waals surface area contributed by atoms with Gasteiger partial charge in [0.25, 0.3) is 5.56 Å². The Morgan fingerprint density at radius 2 is 0.921 bits per heavy atom. The van der Waals surface area contributed by atoms with Gasteiger partial charge in [0.05, 0.1) is 47.2 Å². The van der Waals surface area contributed by atoms with Crippen molar-refractivity contribution in [2.75, 3.05) is 35.0 Å². The predicted octanol–water partition coefficient (Wildman–Crippen LogP) is 9.07. The molecular formula is C53H50N2O8. The summed E-state index contributed by atoms with van der Waals surface area (Å²) in [5.74, 6) is 2.31. The molecule has 7 aromatic rings. The average molecular weight is 843 g/mol. The number of nitrogens with zero attached hydrogens (tertiary/aromatic N) is 1. The molecule has 0 saturated heterocycles. The lowest BCUT2D eigenvalue weighted by atomic mass is 9.79. The van der Waals surface area contributed by atoms with Crippen LogP contribution in [-0.4, -0.2) is 50.7 Å². The van der Waals surface area contributed by atoms with E-state index in [0.29, 0.717) is 35.0 Å². The Balaban J connectivity index is 1.32. The van der Waals surface area contributed by atoms with Gasteiger partial charge in [-0.1, -0.05) is 116 Å². The van der Waals surface area contributed by atoms with Crippen molar-refractivity contribution in [1.29, 1.82) is 0 Å². The molecule has 3 atom stereocenters. The van der Waals surface area contributed by atoms with Crippen molar-refractivity contribution < 1.29 is 28.4 Å². The molecule has 10 heteroatoms. The minimum absolute atomic E-state index is 0.112. The third kappa shape index (κ3) is 8.18. The van der Waals surface area contributed by atoms with Crippen molar-refractivity contribution in [1.82, 2.24) is 9.55 Å². The molecule has 10 nitrogen and oxygen atoms in total. The Bertz CT molecular complexity index is 2640. The van der Waals surface area contributed by atoms with Gasteiger partial charge in [-0.15, -0.1) is 0 Å². The van der Waals surface area contributed by atoms with E-state index in [4.69, 9.17) is 28.4 Å². The first kappa shape index (κ1) is 42.5.